The van der Waals surface area contributed by atoms with Gasteiger partial charge in [0.2, 0.25) is 5.91 Å². The zero-order valence-electron chi connectivity index (χ0n) is 15.0. The smallest absolute Gasteiger partial charge is 0.409 e. The summed E-state index contributed by atoms with van der Waals surface area (Å²) in [6.45, 7) is 8.44. The van der Waals surface area contributed by atoms with Gasteiger partial charge < -0.3 is 14.5 Å². The molecule has 2 heterocycles. The lowest BCUT2D eigenvalue weighted by Crippen LogP contribution is -2.47. The first-order chi connectivity index (χ1) is 11.3. The highest BCUT2D eigenvalue weighted by atomic mass is 28.3. The number of fused-ring (bicyclic) bond motifs is 2. The van der Waals surface area contributed by atoms with Crippen molar-refractivity contribution in [2.45, 2.75) is 57.0 Å². The molecular weight excluding hydrogens is 320 g/mol. The quantitative estimate of drug-likeness (QED) is 0.579. The lowest BCUT2D eigenvalue weighted by molar-refractivity contribution is -0.134. The Balaban J connectivity index is 1.61. The first-order valence-corrected chi connectivity index (χ1v) is 12.7. The molecule has 2 aliphatic heterocycles. The maximum Gasteiger partial charge on any atom is 0.409 e. The summed E-state index contributed by atoms with van der Waals surface area (Å²) >= 11 is 0. The molecular formula is C18H28N2O3Si. The van der Waals surface area contributed by atoms with Gasteiger partial charge in [-0.2, -0.15) is 0 Å². The molecule has 2 saturated heterocycles. The molecule has 6 heteroatoms. The molecule has 3 fully saturated rings. The van der Waals surface area contributed by atoms with Gasteiger partial charge in [-0.25, -0.2) is 4.79 Å². The Morgan fingerprint density at radius 3 is 2.54 bits per heavy atom. The van der Waals surface area contributed by atoms with E-state index in [0.29, 0.717) is 19.7 Å². The Hall–Kier alpha value is -1.48. The molecule has 0 N–H and O–H groups in total. The van der Waals surface area contributed by atoms with Gasteiger partial charge in [0.05, 0.1) is 18.7 Å². The maximum absolute atomic E-state index is 12.6. The van der Waals surface area contributed by atoms with E-state index in [1.807, 2.05) is 4.90 Å². The molecule has 3 atom stereocenters. The van der Waals surface area contributed by atoms with Crippen LogP contribution in [0.25, 0.3) is 0 Å². The third-order valence-corrected chi connectivity index (χ3v) is 6.99. The zero-order chi connectivity index (χ0) is 17.5. The molecule has 0 aromatic rings. The first-order valence-electron chi connectivity index (χ1n) is 9.00. The number of rotatable bonds is 4. The Morgan fingerprint density at radius 1 is 1.25 bits per heavy atom. The second-order valence-electron chi connectivity index (χ2n) is 8.61. The highest BCUT2D eigenvalue weighted by Gasteiger charge is 2.51. The van der Waals surface area contributed by atoms with E-state index in [2.05, 4.69) is 25.6 Å². The number of piperidine rings is 1. The minimum absolute atomic E-state index is 0.0578. The van der Waals surface area contributed by atoms with Gasteiger partial charge in [-0.05, 0) is 25.3 Å². The van der Waals surface area contributed by atoms with Gasteiger partial charge in [-0.15, -0.1) is 6.42 Å². The number of carbonyl (C=O) groups excluding carboxylic acids is 2. The summed E-state index contributed by atoms with van der Waals surface area (Å²) in [5.74, 6) is 3.34. The number of ether oxygens (including phenoxy) is 1. The fourth-order valence-corrected chi connectivity index (χ4v) is 4.47. The van der Waals surface area contributed by atoms with Crippen LogP contribution in [0.4, 0.5) is 4.79 Å². The van der Waals surface area contributed by atoms with Crippen LogP contribution in [-0.2, 0) is 9.53 Å². The summed E-state index contributed by atoms with van der Waals surface area (Å²) in [5, 5.41) is 0. The second-order valence-corrected chi connectivity index (χ2v) is 14.2. The number of amides is 2. The summed E-state index contributed by atoms with van der Waals surface area (Å²) in [4.78, 5) is 28.6. The van der Waals surface area contributed by atoms with E-state index in [1.165, 1.54) is 0 Å². The number of hydrogen-bond acceptors (Lipinski definition) is 3. The van der Waals surface area contributed by atoms with Gasteiger partial charge in [-0.1, -0.05) is 25.6 Å². The summed E-state index contributed by atoms with van der Waals surface area (Å²) < 4.78 is 5.47. The van der Waals surface area contributed by atoms with Crippen molar-refractivity contribution in [2.75, 3.05) is 19.7 Å². The van der Waals surface area contributed by atoms with Gasteiger partial charge in [0.15, 0.2) is 0 Å². The monoisotopic (exact) mass is 348 g/mol. The molecule has 3 aliphatic rings. The van der Waals surface area contributed by atoms with Crippen molar-refractivity contribution in [2.24, 2.45) is 11.8 Å². The lowest BCUT2D eigenvalue weighted by atomic mass is 9.95. The average Bonchev–Trinajstić information content (AvgIpc) is 3.31. The SMILES string of the molecule is C#C[C@H]1[C@H]2C[C@H](CN(C(=O)OCC[Si](C)(C)C)C2)N1C(=O)C1CC1. The summed E-state index contributed by atoms with van der Waals surface area (Å²) in [5.41, 5.74) is 0. The second kappa shape index (κ2) is 6.44. The molecule has 132 valence electrons. The van der Waals surface area contributed by atoms with Crippen molar-refractivity contribution in [1.29, 1.82) is 0 Å². The Morgan fingerprint density at radius 2 is 1.96 bits per heavy atom. The molecule has 3 rings (SSSR count). The number of terminal acetylenes is 1. The largest absolute Gasteiger partial charge is 0.450 e. The maximum atomic E-state index is 12.6. The van der Waals surface area contributed by atoms with E-state index in [4.69, 9.17) is 11.2 Å². The molecule has 0 spiro atoms. The average molecular weight is 349 g/mol. The van der Waals surface area contributed by atoms with Crippen LogP contribution in [0, 0.1) is 24.2 Å². The van der Waals surface area contributed by atoms with Gasteiger partial charge >= 0.3 is 6.09 Å². The molecule has 2 bridgehead atoms. The summed E-state index contributed by atoms with van der Waals surface area (Å²) in [6.07, 6.45) is 8.33. The van der Waals surface area contributed by atoms with Crippen LogP contribution in [0.5, 0.6) is 0 Å². The normalized spacial score (nSPS) is 29.3. The molecule has 1 saturated carbocycles. The van der Waals surface area contributed by atoms with Gasteiger partial charge in [0.1, 0.15) is 0 Å². The minimum Gasteiger partial charge on any atom is -0.450 e. The van der Waals surface area contributed by atoms with Crippen LogP contribution in [0.1, 0.15) is 19.3 Å². The van der Waals surface area contributed by atoms with Crippen molar-refractivity contribution in [3.05, 3.63) is 0 Å². The first kappa shape index (κ1) is 17.3. The Labute approximate surface area is 145 Å². The van der Waals surface area contributed by atoms with Crippen LogP contribution >= 0.6 is 0 Å². The number of hydrogen-bond donors (Lipinski definition) is 0. The standard InChI is InChI=1S/C18H28N2O3Si/c1-5-16-14-10-15(20(16)17(21)13-6-7-13)12-19(11-14)18(22)23-8-9-24(2,3)4/h1,13-16H,6-12H2,2-4H3/t14-,15+,16-/m0/s1. The topological polar surface area (TPSA) is 49.9 Å². The number of nitrogens with zero attached hydrogens (tertiary/aromatic N) is 2. The number of carbonyl (C=O) groups is 2. The highest BCUT2D eigenvalue weighted by Crippen LogP contribution is 2.40. The van der Waals surface area contributed by atoms with Crippen molar-refractivity contribution in [3.8, 4) is 12.3 Å². The highest BCUT2D eigenvalue weighted by molar-refractivity contribution is 6.76. The fourth-order valence-electron chi connectivity index (χ4n) is 3.75. The Kier molecular flexibility index (Phi) is 4.65. The van der Waals surface area contributed by atoms with Crippen LogP contribution < -0.4 is 0 Å². The van der Waals surface area contributed by atoms with E-state index in [9.17, 15) is 9.59 Å². The third-order valence-electron chi connectivity index (χ3n) is 5.29. The van der Waals surface area contributed by atoms with Crippen LogP contribution in [0.2, 0.25) is 25.7 Å². The minimum atomic E-state index is -1.21. The van der Waals surface area contributed by atoms with Crippen molar-refractivity contribution in [1.82, 2.24) is 9.80 Å². The van der Waals surface area contributed by atoms with Crippen LogP contribution in [-0.4, -0.2) is 61.7 Å². The van der Waals surface area contributed by atoms with E-state index < -0.39 is 8.07 Å². The molecule has 1 aliphatic carbocycles. The predicted octanol–water partition coefficient (Wildman–Crippen LogP) is 2.41. The molecule has 0 aromatic heterocycles. The van der Waals surface area contributed by atoms with Crippen molar-refractivity contribution < 1.29 is 14.3 Å². The van der Waals surface area contributed by atoms with E-state index in [0.717, 1.165) is 25.3 Å². The molecule has 24 heavy (non-hydrogen) atoms. The van der Waals surface area contributed by atoms with E-state index in [1.54, 1.807) is 4.90 Å². The van der Waals surface area contributed by atoms with E-state index in [-0.39, 0.29) is 35.9 Å². The van der Waals surface area contributed by atoms with Gasteiger partial charge in [0, 0.05) is 33.0 Å². The molecule has 0 radical (unpaired) electrons. The third kappa shape index (κ3) is 3.61. The molecule has 5 nitrogen and oxygen atoms in total. The zero-order valence-corrected chi connectivity index (χ0v) is 16.0. The van der Waals surface area contributed by atoms with Crippen molar-refractivity contribution in [3.63, 3.8) is 0 Å². The van der Waals surface area contributed by atoms with Gasteiger partial charge in [0.25, 0.3) is 0 Å². The van der Waals surface area contributed by atoms with Crippen LogP contribution in [0.3, 0.4) is 0 Å². The Bertz CT molecular complexity index is 562. The van der Waals surface area contributed by atoms with Crippen LogP contribution in [0.15, 0.2) is 0 Å². The molecule has 0 aromatic carbocycles. The summed E-state index contributed by atoms with van der Waals surface area (Å²) in [7, 11) is -1.21. The number of likely N-dealkylation sites (tertiary alicyclic amines) is 2. The lowest BCUT2D eigenvalue weighted by Gasteiger charge is -2.32. The van der Waals surface area contributed by atoms with Gasteiger partial charge in [-0.3, -0.25) is 4.79 Å². The molecule has 2 amide bonds. The van der Waals surface area contributed by atoms with E-state index >= 15 is 0 Å². The molecule has 0 unspecified atom stereocenters. The fraction of sp³-hybridized carbons (Fsp3) is 0.778. The predicted molar refractivity (Wildman–Crippen MR) is 95.2 cm³/mol. The summed E-state index contributed by atoms with van der Waals surface area (Å²) in [6, 6.07) is 0.865. The van der Waals surface area contributed by atoms with Crippen molar-refractivity contribution >= 4 is 20.1 Å².